The largest absolute Gasteiger partial charge is 0.371 e. The first kappa shape index (κ1) is 27.3. The second kappa shape index (κ2) is 12.2. The van der Waals surface area contributed by atoms with Gasteiger partial charge in [0, 0.05) is 18.7 Å². The van der Waals surface area contributed by atoms with Gasteiger partial charge in [0.15, 0.2) is 0 Å². The van der Waals surface area contributed by atoms with E-state index in [4.69, 9.17) is 12.2 Å². The third kappa shape index (κ3) is 5.87. The number of pyridine rings is 1. The van der Waals surface area contributed by atoms with Crippen molar-refractivity contribution >= 4 is 46.1 Å². The molecule has 194 valence electrons. The number of hydrogen-bond donors (Lipinski definition) is 1. The maximum Gasteiger partial charge on any atom is 0.270 e. The molecule has 1 amide bonds. The summed E-state index contributed by atoms with van der Waals surface area (Å²) in [5.74, 6) is -0.0453. The number of benzene rings is 2. The van der Waals surface area contributed by atoms with Gasteiger partial charge in [-0.2, -0.15) is 5.26 Å². The maximum absolute atomic E-state index is 13.4. The van der Waals surface area contributed by atoms with Crippen molar-refractivity contribution in [1.29, 1.82) is 5.26 Å². The van der Waals surface area contributed by atoms with Crippen LogP contribution in [0.15, 0.2) is 64.3 Å². The van der Waals surface area contributed by atoms with Crippen molar-refractivity contribution in [2.75, 3.05) is 11.9 Å². The minimum atomic E-state index is -0.352. The predicted molar refractivity (Wildman–Crippen MR) is 154 cm³/mol. The Kier molecular flexibility index (Phi) is 8.77. The summed E-state index contributed by atoms with van der Waals surface area (Å²) < 4.78 is 15.3. The summed E-state index contributed by atoms with van der Waals surface area (Å²) in [6.07, 6.45) is 3.15. The normalized spacial score (nSPS) is 14.3. The lowest BCUT2D eigenvalue weighted by Gasteiger charge is -2.20. The second-order valence-electron chi connectivity index (χ2n) is 8.89. The Hall–Kier alpha value is -3.74. The molecular weight excluding hydrogens is 519 g/mol. The molecule has 2 heterocycles. The second-order valence-corrected chi connectivity index (χ2v) is 10.6. The molecule has 1 aromatic heterocycles. The molecule has 0 spiro atoms. The number of nitriles is 1. The van der Waals surface area contributed by atoms with Crippen LogP contribution in [0.5, 0.6) is 0 Å². The fourth-order valence-electron chi connectivity index (χ4n) is 4.30. The van der Waals surface area contributed by atoms with Crippen molar-refractivity contribution in [2.24, 2.45) is 0 Å². The van der Waals surface area contributed by atoms with Gasteiger partial charge in [-0.3, -0.25) is 19.1 Å². The van der Waals surface area contributed by atoms with Crippen molar-refractivity contribution in [3.63, 3.8) is 0 Å². The summed E-state index contributed by atoms with van der Waals surface area (Å²) in [6, 6.07) is 18.0. The molecule has 1 fully saturated rings. The van der Waals surface area contributed by atoms with Gasteiger partial charge in [-0.15, -0.1) is 0 Å². The van der Waals surface area contributed by atoms with Gasteiger partial charge in [0.05, 0.1) is 11.4 Å². The zero-order valence-corrected chi connectivity index (χ0v) is 22.8. The SMILES string of the molecule is CCCn1c(NCCc2ccccc2)c(/C=C2/SC(=S)N(Cc3ccc(F)cc3)C2=O)c(C)c(C#N)c1=O. The molecule has 0 saturated carbocycles. The van der Waals surface area contributed by atoms with E-state index in [1.807, 2.05) is 37.3 Å². The molecule has 0 bridgehead atoms. The summed E-state index contributed by atoms with van der Waals surface area (Å²) in [6.45, 7) is 4.90. The van der Waals surface area contributed by atoms with Crippen molar-refractivity contribution in [3.05, 3.63) is 103 Å². The standard InChI is InChI=1S/C29H27FN4O2S2/c1-3-15-33-26(32-14-13-20-7-5-4-6-8-20)23(19(2)24(17-31)27(33)35)16-25-28(36)34(29(37)38-25)18-21-9-11-22(30)12-10-21/h4-12,16,32H,3,13-15,18H2,1-2H3/b25-16+. The number of halogens is 1. The summed E-state index contributed by atoms with van der Waals surface area (Å²) in [5, 5.41) is 13.2. The number of carbonyl (C=O) groups excluding carboxylic acids is 1. The Morgan fingerprint density at radius 2 is 1.82 bits per heavy atom. The van der Waals surface area contributed by atoms with Gasteiger partial charge in [0.2, 0.25) is 0 Å². The molecule has 1 aliphatic heterocycles. The topological polar surface area (TPSA) is 78.1 Å². The Balaban J connectivity index is 1.72. The zero-order valence-electron chi connectivity index (χ0n) is 21.2. The van der Waals surface area contributed by atoms with Crippen molar-refractivity contribution in [2.45, 2.75) is 39.8 Å². The highest BCUT2D eigenvalue weighted by Gasteiger charge is 2.33. The van der Waals surface area contributed by atoms with Crippen LogP contribution in [0.3, 0.4) is 0 Å². The highest BCUT2D eigenvalue weighted by molar-refractivity contribution is 8.26. The van der Waals surface area contributed by atoms with Crippen molar-refractivity contribution in [3.8, 4) is 6.07 Å². The van der Waals surface area contributed by atoms with E-state index >= 15 is 0 Å². The van der Waals surface area contributed by atoms with E-state index in [1.165, 1.54) is 28.8 Å². The molecule has 0 aliphatic carbocycles. The van der Waals surface area contributed by atoms with Gasteiger partial charge in [-0.25, -0.2) is 4.39 Å². The first-order chi connectivity index (χ1) is 18.3. The highest BCUT2D eigenvalue weighted by atomic mass is 32.2. The van der Waals surface area contributed by atoms with Gasteiger partial charge < -0.3 is 5.32 Å². The Bertz CT molecular complexity index is 1490. The lowest BCUT2D eigenvalue weighted by Crippen LogP contribution is -2.29. The lowest BCUT2D eigenvalue weighted by molar-refractivity contribution is -0.122. The Labute approximate surface area is 230 Å². The van der Waals surface area contributed by atoms with E-state index < -0.39 is 0 Å². The fraction of sp³-hybridized carbons (Fsp3) is 0.241. The molecule has 1 saturated heterocycles. The predicted octanol–water partition coefficient (Wildman–Crippen LogP) is 5.63. The third-order valence-electron chi connectivity index (χ3n) is 6.27. The molecule has 2 aromatic carbocycles. The molecule has 0 radical (unpaired) electrons. The van der Waals surface area contributed by atoms with Crippen LogP contribution in [0.4, 0.5) is 10.2 Å². The first-order valence-corrected chi connectivity index (χ1v) is 13.5. The number of nitrogens with one attached hydrogen (secondary N) is 1. The van der Waals surface area contributed by atoms with E-state index in [1.54, 1.807) is 29.7 Å². The minimum Gasteiger partial charge on any atom is -0.371 e. The average Bonchev–Trinajstić information content (AvgIpc) is 3.17. The van der Waals surface area contributed by atoms with E-state index in [9.17, 15) is 19.2 Å². The molecule has 1 aliphatic rings. The number of aromatic nitrogens is 1. The summed E-state index contributed by atoms with van der Waals surface area (Å²) >= 11 is 6.66. The number of thiocarbonyl (C=S) groups is 1. The maximum atomic E-state index is 13.4. The van der Waals surface area contributed by atoms with E-state index in [-0.39, 0.29) is 29.4 Å². The molecule has 4 rings (SSSR count). The molecule has 6 nitrogen and oxygen atoms in total. The Morgan fingerprint density at radius 1 is 1.11 bits per heavy atom. The molecule has 1 N–H and O–H groups in total. The summed E-state index contributed by atoms with van der Waals surface area (Å²) in [5.41, 5.74) is 2.74. The van der Waals surface area contributed by atoms with Gasteiger partial charge in [0.1, 0.15) is 27.6 Å². The highest BCUT2D eigenvalue weighted by Crippen LogP contribution is 2.36. The quantitative estimate of drug-likeness (QED) is 0.277. The molecule has 38 heavy (non-hydrogen) atoms. The summed E-state index contributed by atoms with van der Waals surface area (Å²) in [4.78, 5) is 28.4. The van der Waals surface area contributed by atoms with Crippen LogP contribution < -0.4 is 10.9 Å². The number of hydrogen-bond acceptors (Lipinski definition) is 6. The third-order valence-corrected chi connectivity index (χ3v) is 7.65. The molecular formula is C29H27FN4O2S2. The van der Waals surface area contributed by atoms with Crippen LogP contribution in [0.25, 0.3) is 6.08 Å². The molecule has 9 heteroatoms. The first-order valence-electron chi connectivity index (χ1n) is 12.3. The van der Waals surface area contributed by atoms with Gasteiger partial charge in [-0.1, -0.05) is 73.4 Å². The monoisotopic (exact) mass is 546 g/mol. The van der Waals surface area contributed by atoms with Crippen LogP contribution in [0.2, 0.25) is 0 Å². The zero-order chi connectivity index (χ0) is 27.2. The van der Waals surface area contributed by atoms with Crippen molar-refractivity contribution < 1.29 is 9.18 Å². The van der Waals surface area contributed by atoms with E-state index in [2.05, 4.69) is 11.4 Å². The minimum absolute atomic E-state index is 0.0556. The molecule has 0 atom stereocenters. The van der Waals surface area contributed by atoms with E-state index in [0.717, 1.165) is 17.5 Å². The number of amides is 1. The number of rotatable bonds is 9. The fourth-order valence-corrected chi connectivity index (χ4v) is 5.54. The summed E-state index contributed by atoms with van der Waals surface area (Å²) in [7, 11) is 0. The Morgan fingerprint density at radius 3 is 2.47 bits per heavy atom. The molecule has 3 aromatic rings. The van der Waals surface area contributed by atoms with Gasteiger partial charge >= 0.3 is 0 Å². The van der Waals surface area contributed by atoms with Gasteiger partial charge in [-0.05, 0) is 54.7 Å². The number of anilines is 1. The van der Waals surface area contributed by atoms with Crippen LogP contribution in [0, 0.1) is 24.1 Å². The average molecular weight is 547 g/mol. The van der Waals surface area contributed by atoms with Crippen LogP contribution in [0.1, 0.15) is 41.2 Å². The van der Waals surface area contributed by atoms with E-state index in [0.29, 0.717) is 45.7 Å². The molecule has 0 unspecified atom stereocenters. The van der Waals surface area contributed by atoms with Crippen LogP contribution in [-0.4, -0.2) is 26.2 Å². The van der Waals surface area contributed by atoms with Crippen molar-refractivity contribution in [1.82, 2.24) is 9.47 Å². The number of thioether (sulfide) groups is 1. The van der Waals surface area contributed by atoms with Gasteiger partial charge in [0.25, 0.3) is 11.5 Å². The lowest BCUT2D eigenvalue weighted by atomic mass is 10.0. The van der Waals surface area contributed by atoms with Crippen LogP contribution in [-0.2, 0) is 24.3 Å². The smallest absolute Gasteiger partial charge is 0.270 e. The van der Waals surface area contributed by atoms with Crippen LogP contribution >= 0.6 is 24.0 Å². The number of carbonyl (C=O) groups is 1. The number of nitrogens with zero attached hydrogens (tertiary/aromatic N) is 3.